The molecule has 0 saturated carbocycles. The number of amidine groups is 1. The average Bonchev–Trinajstić information content (AvgIpc) is 3.16. The van der Waals surface area contributed by atoms with Crippen molar-refractivity contribution in [2.24, 2.45) is 5.16 Å². The Hall–Kier alpha value is -3.67. The minimum absolute atomic E-state index is 0.0875. The molecule has 0 aliphatic carbocycles. The summed E-state index contributed by atoms with van der Waals surface area (Å²) in [6.45, 7) is 0. The molecule has 144 valence electrons. The van der Waals surface area contributed by atoms with Crippen molar-refractivity contribution in [2.75, 3.05) is 16.1 Å². The van der Waals surface area contributed by atoms with Gasteiger partial charge in [0.15, 0.2) is 0 Å². The maximum absolute atomic E-state index is 13.3. The van der Waals surface area contributed by atoms with E-state index in [-0.39, 0.29) is 21.8 Å². The zero-order chi connectivity index (χ0) is 19.9. The Kier molecular flexibility index (Phi) is 6.01. The summed E-state index contributed by atoms with van der Waals surface area (Å²) in [5, 5.41) is 24.6. The minimum Gasteiger partial charge on any atom is -0.409 e. The maximum Gasteiger partial charge on any atom is 0.435 e. The number of halogens is 2. The first-order chi connectivity index (χ1) is 13.6. The zero-order valence-corrected chi connectivity index (χ0v) is 15.5. The normalized spacial score (nSPS) is 11.0. The van der Waals surface area contributed by atoms with E-state index in [1.54, 1.807) is 30.3 Å². The van der Waals surface area contributed by atoms with E-state index in [1.807, 2.05) is 0 Å². The molecular weight excluding hydrogens is 439 g/mol. The van der Waals surface area contributed by atoms with Crippen LogP contribution in [0.25, 0.3) is 0 Å². The monoisotopic (exact) mass is 450 g/mol. The van der Waals surface area contributed by atoms with Crippen LogP contribution >= 0.6 is 15.9 Å². The summed E-state index contributed by atoms with van der Waals surface area (Å²) in [6, 6.07) is 12.7. The Morgan fingerprint density at radius 1 is 1.14 bits per heavy atom. The van der Waals surface area contributed by atoms with Crippen LogP contribution in [-0.4, -0.2) is 27.4 Å². The van der Waals surface area contributed by atoms with Gasteiger partial charge in [-0.2, -0.15) is 5.48 Å². The number of aromatic nitrogens is 2. The SMILES string of the molecule is O=C(Nc1ccccc1)ONc1nonc1/C(=N/O)Nc1ccc(F)c(Br)c1. The van der Waals surface area contributed by atoms with Gasteiger partial charge in [0.05, 0.1) is 4.47 Å². The second kappa shape index (κ2) is 8.81. The number of oxime groups is 1. The molecule has 0 radical (unpaired) electrons. The second-order valence-corrected chi connectivity index (χ2v) is 6.00. The summed E-state index contributed by atoms with van der Waals surface area (Å²) >= 11 is 3.05. The van der Waals surface area contributed by atoms with Crippen LogP contribution < -0.4 is 16.1 Å². The molecule has 28 heavy (non-hydrogen) atoms. The van der Waals surface area contributed by atoms with E-state index in [9.17, 15) is 14.4 Å². The van der Waals surface area contributed by atoms with Crippen LogP contribution in [0.3, 0.4) is 0 Å². The molecule has 0 atom stereocenters. The Bertz CT molecular complexity index is 998. The van der Waals surface area contributed by atoms with Crippen molar-refractivity contribution >= 4 is 45.1 Å². The predicted octanol–water partition coefficient (Wildman–Crippen LogP) is 3.79. The molecule has 0 aliphatic heterocycles. The van der Waals surface area contributed by atoms with Crippen LogP contribution in [0.1, 0.15) is 5.69 Å². The van der Waals surface area contributed by atoms with E-state index in [0.29, 0.717) is 11.4 Å². The number of amides is 1. The highest BCUT2D eigenvalue weighted by atomic mass is 79.9. The van der Waals surface area contributed by atoms with Gasteiger partial charge in [0.25, 0.3) is 0 Å². The first kappa shape index (κ1) is 19.1. The summed E-state index contributed by atoms with van der Waals surface area (Å²) in [7, 11) is 0. The lowest BCUT2D eigenvalue weighted by Gasteiger charge is -2.09. The van der Waals surface area contributed by atoms with Crippen molar-refractivity contribution in [3.63, 3.8) is 0 Å². The highest BCUT2D eigenvalue weighted by molar-refractivity contribution is 9.10. The number of hydrogen-bond acceptors (Lipinski definition) is 8. The number of nitrogens with zero attached hydrogens (tertiary/aromatic N) is 3. The van der Waals surface area contributed by atoms with Gasteiger partial charge in [0.2, 0.25) is 17.3 Å². The van der Waals surface area contributed by atoms with Crippen molar-refractivity contribution in [3.05, 3.63) is 64.5 Å². The van der Waals surface area contributed by atoms with E-state index in [1.165, 1.54) is 18.2 Å². The van der Waals surface area contributed by atoms with Crippen molar-refractivity contribution < 1.29 is 23.9 Å². The third kappa shape index (κ3) is 4.73. The first-order valence-corrected chi connectivity index (χ1v) is 8.42. The number of carbonyl (C=O) groups is 1. The topological polar surface area (TPSA) is 134 Å². The molecule has 0 unspecified atom stereocenters. The lowest BCUT2D eigenvalue weighted by atomic mass is 10.3. The van der Waals surface area contributed by atoms with E-state index < -0.39 is 11.9 Å². The van der Waals surface area contributed by atoms with Gasteiger partial charge < -0.3 is 15.4 Å². The lowest BCUT2D eigenvalue weighted by molar-refractivity contribution is 0.184. The van der Waals surface area contributed by atoms with E-state index in [4.69, 9.17) is 4.84 Å². The molecule has 1 aromatic heterocycles. The van der Waals surface area contributed by atoms with Gasteiger partial charge in [-0.1, -0.05) is 23.4 Å². The van der Waals surface area contributed by atoms with Crippen LogP contribution in [0.2, 0.25) is 0 Å². The summed E-state index contributed by atoms with van der Waals surface area (Å²) in [5.74, 6) is -0.782. The number of para-hydroxylation sites is 1. The van der Waals surface area contributed by atoms with Crippen LogP contribution in [0, 0.1) is 5.82 Å². The number of hydrogen-bond donors (Lipinski definition) is 4. The summed E-state index contributed by atoms with van der Waals surface area (Å²) in [6.07, 6.45) is -0.821. The molecule has 4 N–H and O–H groups in total. The smallest absolute Gasteiger partial charge is 0.409 e. The van der Waals surface area contributed by atoms with Gasteiger partial charge in [-0.15, -0.1) is 0 Å². The highest BCUT2D eigenvalue weighted by Crippen LogP contribution is 2.21. The third-order valence-corrected chi connectivity index (χ3v) is 3.86. The molecule has 12 heteroatoms. The van der Waals surface area contributed by atoms with Crippen molar-refractivity contribution in [1.29, 1.82) is 0 Å². The van der Waals surface area contributed by atoms with Crippen LogP contribution in [-0.2, 0) is 4.84 Å². The fourth-order valence-corrected chi connectivity index (χ4v) is 2.39. The Balaban J connectivity index is 1.66. The number of benzene rings is 2. The number of nitrogens with one attached hydrogen (secondary N) is 3. The Labute approximate surface area is 165 Å². The number of anilines is 3. The summed E-state index contributed by atoms with van der Waals surface area (Å²) < 4.78 is 18.1. The lowest BCUT2D eigenvalue weighted by Crippen LogP contribution is -2.20. The largest absolute Gasteiger partial charge is 0.435 e. The van der Waals surface area contributed by atoms with Crippen molar-refractivity contribution in [1.82, 2.24) is 10.3 Å². The van der Waals surface area contributed by atoms with Gasteiger partial charge in [0.1, 0.15) is 5.82 Å². The summed E-state index contributed by atoms with van der Waals surface area (Å²) in [5.41, 5.74) is 3.08. The van der Waals surface area contributed by atoms with Crippen molar-refractivity contribution in [2.45, 2.75) is 0 Å². The van der Waals surface area contributed by atoms with Crippen LogP contribution in [0.5, 0.6) is 0 Å². The van der Waals surface area contributed by atoms with Crippen LogP contribution in [0.4, 0.5) is 26.4 Å². The van der Waals surface area contributed by atoms with Gasteiger partial charge in [-0.25, -0.2) is 13.8 Å². The fourth-order valence-electron chi connectivity index (χ4n) is 2.01. The van der Waals surface area contributed by atoms with Crippen molar-refractivity contribution in [3.8, 4) is 0 Å². The maximum atomic E-state index is 13.3. The van der Waals surface area contributed by atoms with Gasteiger partial charge in [-0.05, 0) is 56.6 Å². The molecule has 10 nitrogen and oxygen atoms in total. The minimum atomic E-state index is -0.821. The molecule has 0 aliphatic rings. The third-order valence-electron chi connectivity index (χ3n) is 3.26. The molecule has 3 aromatic rings. The predicted molar refractivity (Wildman–Crippen MR) is 101 cm³/mol. The van der Waals surface area contributed by atoms with E-state index >= 15 is 0 Å². The number of rotatable bonds is 5. The molecule has 0 spiro atoms. The standard InChI is InChI=1S/C16H12BrFN6O4/c17-11-8-10(6-7-12(11)18)19-14(21-26)13-15(24-28-22-13)23-27-16(25)20-9-4-2-1-3-5-9/h1-8,26H,(H,19,21)(H,20,25)(H,23,24). The van der Waals surface area contributed by atoms with Gasteiger partial charge in [0, 0.05) is 11.4 Å². The van der Waals surface area contributed by atoms with Gasteiger partial charge >= 0.3 is 6.09 Å². The average molecular weight is 451 g/mol. The Morgan fingerprint density at radius 2 is 1.93 bits per heavy atom. The molecule has 0 fully saturated rings. The fraction of sp³-hybridized carbons (Fsp3) is 0. The molecular formula is C16H12BrFN6O4. The first-order valence-electron chi connectivity index (χ1n) is 7.63. The Morgan fingerprint density at radius 3 is 2.64 bits per heavy atom. The second-order valence-electron chi connectivity index (χ2n) is 5.15. The highest BCUT2D eigenvalue weighted by Gasteiger charge is 2.19. The molecule has 1 amide bonds. The molecule has 3 rings (SSSR count). The van der Waals surface area contributed by atoms with Gasteiger partial charge in [-0.3, -0.25) is 5.32 Å². The van der Waals surface area contributed by atoms with E-state index in [2.05, 4.69) is 52.1 Å². The number of carbonyl (C=O) groups excluding carboxylic acids is 1. The molecule has 2 aromatic carbocycles. The quantitative estimate of drug-likeness (QED) is 0.199. The molecule has 1 heterocycles. The zero-order valence-electron chi connectivity index (χ0n) is 13.9. The molecule has 0 bridgehead atoms. The van der Waals surface area contributed by atoms with E-state index in [0.717, 1.165) is 0 Å². The van der Waals surface area contributed by atoms with Crippen LogP contribution in [0.15, 0.2) is 62.8 Å². The summed E-state index contributed by atoms with van der Waals surface area (Å²) in [4.78, 5) is 16.6. The molecule has 0 saturated heterocycles.